The molecule has 1 heterocycles. The van der Waals surface area contributed by atoms with Crippen LogP contribution in [0.25, 0.3) is 0 Å². The molecule has 0 aromatic heterocycles. The van der Waals surface area contributed by atoms with Crippen molar-refractivity contribution in [3.63, 3.8) is 0 Å². The third-order valence-corrected chi connectivity index (χ3v) is 4.23. The molecule has 0 radical (unpaired) electrons. The van der Waals surface area contributed by atoms with E-state index >= 15 is 0 Å². The summed E-state index contributed by atoms with van der Waals surface area (Å²) in [5, 5.41) is 8.93. The molecule has 0 aliphatic carbocycles. The van der Waals surface area contributed by atoms with Crippen LogP contribution in [0.5, 0.6) is 0 Å². The van der Waals surface area contributed by atoms with E-state index in [0.29, 0.717) is 11.7 Å². The Kier molecular flexibility index (Phi) is 3.90. The van der Waals surface area contributed by atoms with Gasteiger partial charge in [0.05, 0.1) is 15.7 Å². The first kappa shape index (κ1) is 13.3. The molecule has 3 nitrogen and oxygen atoms in total. The van der Waals surface area contributed by atoms with E-state index in [9.17, 15) is 9.18 Å². The number of benzene rings is 1. The summed E-state index contributed by atoms with van der Waals surface area (Å²) >= 11 is 3.04. The van der Waals surface area contributed by atoms with Crippen molar-refractivity contribution in [1.29, 1.82) is 0 Å². The van der Waals surface area contributed by atoms with Crippen LogP contribution >= 0.6 is 15.9 Å². The van der Waals surface area contributed by atoms with E-state index in [1.165, 1.54) is 6.07 Å². The molecule has 0 amide bonds. The predicted octanol–water partition coefficient (Wildman–Crippen LogP) is 3.67. The number of rotatable bonds is 3. The summed E-state index contributed by atoms with van der Waals surface area (Å²) in [6.45, 7) is 2.91. The number of carbonyl (C=O) groups is 1. The van der Waals surface area contributed by atoms with Gasteiger partial charge in [0.15, 0.2) is 5.82 Å². The van der Waals surface area contributed by atoms with Crippen LogP contribution in [0.15, 0.2) is 16.6 Å². The van der Waals surface area contributed by atoms with Crippen molar-refractivity contribution in [3.8, 4) is 0 Å². The first-order valence-electron chi connectivity index (χ1n) is 6.04. The van der Waals surface area contributed by atoms with Crippen LogP contribution in [0, 0.1) is 5.82 Å². The minimum absolute atomic E-state index is 0.0363. The van der Waals surface area contributed by atoms with Crippen LogP contribution in [-0.2, 0) is 0 Å². The first-order valence-corrected chi connectivity index (χ1v) is 6.83. The van der Waals surface area contributed by atoms with Gasteiger partial charge in [-0.05, 0) is 47.3 Å². The molecule has 1 aliphatic heterocycles. The smallest absolute Gasteiger partial charge is 0.336 e. The lowest BCUT2D eigenvalue weighted by Gasteiger charge is -2.26. The molecular weight excluding hydrogens is 301 g/mol. The molecule has 1 aliphatic rings. The van der Waals surface area contributed by atoms with Crippen LogP contribution in [0.4, 0.5) is 10.1 Å². The molecule has 1 N–H and O–H groups in total. The van der Waals surface area contributed by atoms with Gasteiger partial charge < -0.3 is 10.0 Å². The SMILES string of the molecule is CCC1CCCN1c1ccc(C(=O)O)c(Br)c1F. The average molecular weight is 316 g/mol. The second-order valence-electron chi connectivity index (χ2n) is 4.46. The second-order valence-corrected chi connectivity index (χ2v) is 5.26. The monoisotopic (exact) mass is 315 g/mol. The number of hydrogen-bond donors (Lipinski definition) is 1. The zero-order valence-corrected chi connectivity index (χ0v) is 11.7. The van der Waals surface area contributed by atoms with Gasteiger partial charge in [-0.25, -0.2) is 9.18 Å². The molecule has 2 rings (SSSR count). The zero-order chi connectivity index (χ0) is 13.3. The van der Waals surface area contributed by atoms with Crippen LogP contribution < -0.4 is 4.90 Å². The Morgan fingerprint density at radius 2 is 2.33 bits per heavy atom. The fraction of sp³-hybridized carbons (Fsp3) is 0.462. The summed E-state index contributed by atoms with van der Waals surface area (Å²) in [4.78, 5) is 13.0. The molecular formula is C13H15BrFNO2. The highest BCUT2D eigenvalue weighted by Crippen LogP contribution is 2.34. The van der Waals surface area contributed by atoms with E-state index in [2.05, 4.69) is 22.9 Å². The van der Waals surface area contributed by atoms with Crippen molar-refractivity contribution in [2.45, 2.75) is 32.2 Å². The van der Waals surface area contributed by atoms with Crippen LogP contribution in [0.2, 0.25) is 0 Å². The summed E-state index contributed by atoms with van der Waals surface area (Å²) < 4.78 is 14.3. The number of nitrogens with zero attached hydrogens (tertiary/aromatic N) is 1. The normalized spacial score (nSPS) is 19.3. The van der Waals surface area contributed by atoms with Crippen molar-refractivity contribution < 1.29 is 14.3 Å². The Hall–Kier alpha value is -1.10. The second kappa shape index (κ2) is 5.26. The van der Waals surface area contributed by atoms with E-state index in [1.54, 1.807) is 6.07 Å². The molecule has 5 heteroatoms. The largest absolute Gasteiger partial charge is 0.478 e. The Bertz CT molecular complexity index is 478. The molecule has 98 valence electrons. The fourth-order valence-corrected chi connectivity index (χ4v) is 3.01. The number of aromatic carboxylic acids is 1. The highest BCUT2D eigenvalue weighted by Gasteiger charge is 2.27. The molecule has 1 saturated heterocycles. The molecule has 18 heavy (non-hydrogen) atoms. The highest BCUT2D eigenvalue weighted by atomic mass is 79.9. The predicted molar refractivity (Wildman–Crippen MR) is 71.7 cm³/mol. The summed E-state index contributed by atoms with van der Waals surface area (Å²) in [6, 6.07) is 3.37. The molecule has 0 spiro atoms. The molecule has 0 bridgehead atoms. The third-order valence-electron chi connectivity index (χ3n) is 3.45. The Morgan fingerprint density at radius 1 is 1.61 bits per heavy atom. The van der Waals surface area contributed by atoms with Crippen molar-refractivity contribution in [2.24, 2.45) is 0 Å². The van der Waals surface area contributed by atoms with Gasteiger partial charge in [-0.2, -0.15) is 0 Å². The highest BCUT2D eigenvalue weighted by molar-refractivity contribution is 9.10. The molecule has 1 aromatic carbocycles. The average Bonchev–Trinajstić information content (AvgIpc) is 2.80. The molecule has 1 unspecified atom stereocenters. The van der Waals surface area contributed by atoms with E-state index in [4.69, 9.17) is 5.11 Å². The van der Waals surface area contributed by atoms with Gasteiger partial charge in [0.1, 0.15) is 0 Å². The summed E-state index contributed by atoms with van der Waals surface area (Å²) in [5.41, 5.74) is 0.458. The number of carboxylic acid groups (broad SMARTS) is 1. The maximum Gasteiger partial charge on any atom is 0.336 e. The number of hydrogen-bond acceptors (Lipinski definition) is 2. The summed E-state index contributed by atoms with van der Waals surface area (Å²) in [7, 11) is 0. The van der Waals surface area contributed by atoms with Crippen molar-refractivity contribution in [3.05, 3.63) is 28.0 Å². The van der Waals surface area contributed by atoms with Gasteiger partial charge in [-0.15, -0.1) is 0 Å². The Labute approximate surface area is 114 Å². The van der Waals surface area contributed by atoms with Gasteiger partial charge in [0.25, 0.3) is 0 Å². The standard InChI is InChI=1S/C13H15BrFNO2/c1-2-8-4-3-7-16(8)10-6-5-9(13(17)18)11(14)12(10)15/h5-6,8H,2-4,7H2,1H3,(H,17,18). The minimum atomic E-state index is -1.12. The Balaban J connectivity index is 2.41. The number of halogens is 2. The van der Waals surface area contributed by atoms with Crippen molar-refractivity contribution in [1.82, 2.24) is 0 Å². The van der Waals surface area contributed by atoms with Gasteiger partial charge in [0.2, 0.25) is 0 Å². The van der Waals surface area contributed by atoms with Crippen LogP contribution in [-0.4, -0.2) is 23.7 Å². The van der Waals surface area contributed by atoms with E-state index in [0.717, 1.165) is 25.8 Å². The van der Waals surface area contributed by atoms with Crippen molar-refractivity contribution in [2.75, 3.05) is 11.4 Å². The van der Waals surface area contributed by atoms with E-state index < -0.39 is 11.8 Å². The number of anilines is 1. The van der Waals surface area contributed by atoms with Gasteiger partial charge in [-0.3, -0.25) is 0 Å². The Morgan fingerprint density at radius 3 is 2.94 bits per heavy atom. The van der Waals surface area contributed by atoms with Crippen LogP contribution in [0.3, 0.4) is 0 Å². The molecule has 1 aromatic rings. The maximum atomic E-state index is 14.2. The molecule has 1 fully saturated rings. The van der Waals surface area contributed by atoms with Gasteiger partial charge in [-0.1, -0.05) is 6.92 Å². The molecule has 1 atom stereocenters. The van der Waals surface area contributed by atoms with E-state index in [1.807, 2.05) is 4.90 Å². The van der Waals surface area contributed by atoms with Crippen LogP contribution in [0.1, 0.15) is 36.5 Å². The van der Waals surface area contributed by atoms with Crippen molar-refractivity contribution >= 4 is 27.6 Å². The topological polar surface area (TPSA) is 40.5 Å². The number of carboxylic acids is 1. The quantitative estimate of drug-likeness (QED) is 0.925. The minimum Gasteiger partial charge on any atom is -0.478 e. The first-order chi connectivity index (χ1) is 8.56. The zero-order valence-electron chi connectivity index (χ0n) is 10.1. The molecule has 0 saturated carbocycles. The van der Waals surface area contributed by atoms with E-state index in [-0.39, 0.29) is 10.0 Å². The lowest BCUT2D eigenvalue weighted by atomic mass is 10.1. The lowest BCUT2D eigenvalue weighted by Crippen LogP contribution is -2.29. The maximum absolute atomic E-state index is 14.2. The van der Waals surface area contributed by atoms with Gasteiger partial charge in [0, 0.05) is 12.6 Å². The lowest BCUT2D eigenvalue weighted by molar-refractivity contribution is 0.0695. The van der Waals surface area contributed by atoms with Gasteiger partial charge >= 0.3 is 5.97 Å². The summed E-state index contributed by atoms with van der Waals surface area (Å²) in [6.07, 6.45) is 3.09. The third kappa shape index (κ3) is 2.23. The fourth-order valence-electron chi connectivity index (χ4n) is 2.50. The summed E-state index contributed by atoms with van der Waals surface area (Å²) in [5.74, 6) is -1.60.